The van der Waals surface area contributed by atoms with Crippen molar-refractivity contribution >= 4 is 17.3 Å². The second-order valence-electron chi connectivity index (χ2n) is 3.85. The lowest BCUT2D eigenvalue weighted by Crippen LogP contribution is -2.42. The Morgan fingerprint density at radius 2 is 2.24 bits per heavy atom. The minimum atomic E-state index is -0.00174. The summed E-state index contributed by atoms with van der Waals surface area (Å²) in [6, 6.07) is 2.22. The van der Waals surface area contributed by atoms with Gasteiger partial charge in [0.15, 0.2) is 5.11 Å². The minimum absolute atomic E-state index is 0.00174. The lowest BCUT2D eigenvalue weighted by Gasteiger charge is -2.25. The molecule has 0 aliphatic heterocycles. The molecule has 4 nitrogen and oxygen atoms in total. The maximum absolute atomic E-state index is 8.78. The van der Waals surface area contributed by atoms with Gasteiger partial charge >= 0.3 is 0 Å². The quantitative estimate of drug-likeness (QED) is 0.530. The summed E-state index contributed by atoms with van der Waals surface area (Å²) >= 11 is 5.28. The molecule has 0 aromatic carbocycles. The molecule has 0 aromatic rings. The first-order valence-electron chi connectivity index (χ1n) is 6.15. The van der Waals surface area contributed by atoms with Crippen molar-refractivity contribution in [3.8, 4) is 6.07 Å². The number of hydrogen-bond acceptors (Lipinski definition) is 3. The van der Waals surface area contributed by atoms with E-state index in [1.807, 2.05) is 25.7 Å². The first-order chi connectivity index (χ1) is 8.15. The maximum Gasteiger partial charge on any atom is 0.168 e. The molecule has 98 valence electrons. The van der Waals surface area contributed by atoms with Crippen LogP contribution in [0.5, 0.6) is 0 Å². The Morgan fingerprint density at radius 3 is 2.76 bits per heavy atom. The lowest BCUT2D eigenvalue weighted by molar-refractivity contribution is 0.145. The SMILES string of the molecule is CCOCCCNC(=S)N(CC)CC(C)C#N. The van der Waals surface area contributed by atoms with E-state index in [0.29, 0.717) is 6.54 Å². The third-order valence-corrected chi connectivity index (χ3v) is 2.73. The van der Waals surface area contributed by atoms with Crippen molar-refractivity contribution in [2.24, 2.45) is 5.92 Å². The zero-order chi connectivity index (χ0) is 13.1. The van der Waals surface area contributed by atoms with Crippen LogP contribution in [0.25, 0.3) is 0 Å². The second-order valence-corrected chi connectivity index (χ2v) is 4.24. The van der Waals surface area contributed by atoms with Crippen LogP contribution in [0.1, 0.15) is 27.2 Å². The van der Waals surface area contributed by atoms with Crippen LogP contribution in [0.3, 0.4) is 0 Å². The van der Waals surface area contributed by atoms with Gasteiger partial charge in [-0.05, 0) is 39.4 Å². The summed E-state index contributed by atoms with van der Waals surface area (Å²) in [5, 5.41) is 12.7. The molecular weight excluding hydrogens is 234 g/mol. The average molecular weight is 257 g/mol. The van der Waals surface area contributed by atoms with Gasteiger partial charge in [-0.15, -0.1) is 0 Å². The summed E-state index contributed by atoms with van der Waals surface area (Å²) in [7, 11) is 0. The van der Waals surface area contributed by atoms with Gasteiger partial charge in [-0.3, -0.25) is 0 Å². The van der Waals surface area contributed by atoms with Crippen LogP contribution in [0.4, 0.5) is 0 Å². The molecule has 0 saturated heterocycles. The standard InChI is InChI=1S/C12H23N3OS/c1-4-15(10-11(3)9-13)12(17)14-7-6-8-16-5-2/h11H,4-8,10H2,1-3H3,(H,14,17). The van der Waals surface area contributed by atoms with Crippen LogP contribution in [-0.2, 0) is 4.74 Å². The van der Waals surface area contributed by atoms with Gasteiger partial charge in [0, 0.05) is 32.8 Å². The summed E-state index contributed by atoms with van der Waals surface area (Å²) in [6.07, 6.45) is 0.944. The number of nitrogens with zero attached hydrogens (tertiary/aromatic N) is 2. The topological polar surface area (TPSA) is 48.3 Å². The van der Waals surface area contributed by atoms with Crippen LogP contribution < -0.4 is 5.32 Å². The van der Waals surface area contributed by atoms with Crippen molar-refractivity contribution in [3.05, 3.63) is 0 Å². The molecule has 0 fully saturated rings. The highest BCUT2D eigenvalue weighted by atomic mass is 32.1. The van der Waals surface area contributed by atoms with Crippen molar-refractivity contribution in [1.29, 1.82) is 5.26 Å². The van der Waals surface area contributed by atoms with Crippen LogP contribution in [0.15, 0.2) is 0 Å². The van der Waals surface area contributed by atoms with E-state index in [9.17, 15) is 0 Å². The highest BCUT2D eigenvalue weighted by Gasteiger charge is 2.10. The van der Waals surface area contributed by atoms with E-state index in [4.69, 9.17) is 22.2 Å². The maximum atomic E-state index is 8.78. The van der Waals surface area contributed by atoms with Crippen LogP contribution in [-0.4, -0.2) is 42.9 Å². The molecule has 1 unspecified atom stereocenters. The molecule has 0 heterocycles. The van der Waals surface area contributed by atoms with Gasteiger partial charge in [0.05, 0.1) is 12.0 Å². The Morgan fingerprint density at radius 1 is 1.53 bits per heavy atom. The van der Waals surface area contributed by atoms with Crippen molar-refractivity contribution in [2.45, 2.75) is 27.2 Å². The van der Waals surface area contributed by atoms with E-state index < -0.39 is 0 Å². The minimum Gasteiger partial charge on any atom is -0.382 e. The molecule has 0 amide bonds. The number of ether oxygens (including phenoxy) is 1. The van der Waals surface area contributed by atoms with Gasteiger partial charge in [0.25, 0.3) is 0 Å². The van der Waals surface area contributed by atoms with Gasteiger partial charge in [0.2, 0.25) is 0 Å². The summed E-state index contributed by atoms with van der Waals surface area (Å²) in [5.74, 6) is -0.00174. The second kappa shape index (κ2) is 10.3. The van der Waals surface area contributed by atoms with Crippen molar-refractivity contribution in [2.75, 3.05) is 32.8 Å². The average Bonchev–Trinajstić information content (AvgIpc) is 2.34. The summed E-state index contributed by atoms with van der Waals surface area (Å²) in [6.45, 7) is 9.76. The zero-order valence-electron chi connectivity index (χ0n) is 11.0. The number of rotatable bonds is 8. The molecule has 0 aliphatic rings. The number of nitriles is 1. The van der Waals surface area contributed by atoms with Gasteiger partial charge in [0.1, 0.15) is 0 Å². The molecule has 1 N–H and O–H groups in total. The van der Waals surface area contributed by atoms with E-state index >= 15 is 0 Å². The molecule has 0 aromatic heterocycles. The molecule has 1 atom stereocenters. The molecule has 0 bridgehead atoms. The Bertz CT molecular complexity index is 253. The number of hydrogen-bond donors (Lipinski definition) is 1. The van der Waals surface area contributed by atoms with Crippen LogP contribution >= 0.6 is 12.2 Å². The summed E-state index contributed by atoms with van der Waals surface area (Å²) in [4.78, 5) is 2.02. The Balaban J connectivity index is 3.81. The molecule has 0 radical (unpaired) electrons. The Kier molecular flexibility index (Phi) is 9.78. The monoisotopic (exact) mass is 257 g/mol. The van der Waals surface area contributed by atoms with Crippen LogP contribution in [0.2, 0.25) is 0 Å². The Hall–Kier alpha value is -0.860. The summed E-state index contributed by atoms with van der Waals surface area (Å²) < 4.78 is 5.24. The largest absolute Gasteiger partial charge is 0.382 e. The van der Waals surface area contributed by atoms with E-state index in [1.165, 1.54) is 0 Å². The van der Waals surface area contributed by atoms with Crippen LogP contribution in [0, 0.1) is 17.2 Å². The van der Waals surface area contributed by atoms with Crippen molar-refractivity contribution < 1.29 is 4.74 Å². The molecule has 0 saturated carbocycles. The van der Waals surface area contributed by atoms with Gasteiger partial charge in [-0.2, -0.15) is 5.26 Å². The number of thiocarbonyl (C=S) groups is 1. The fourth-order valence-corrected chi connectivity index (χ4v) is 1.66. The molecular formula is C12H23N3OS. The highest BCUT2D eigenvalue weighted by molar-refractivity contribution is 7.80. The number of nitrogens with one attached hydrogen (secondary N) is 1. The van der Waals surface area contributed by atoms with E-state index in [2.05, 4.69) is 11.4 Å². The molecule has 0 spiro atoms. The fraction of sp³-hybridized carbons (Fsp3) is 0.833. The summed E-state index contributed by atoms with van der Waals surface area (Å²) in [5.41, 5.74) is 0. The van der Waals surface area contributed by atoms with E-state index in [0.717, 1.165) is 37.8 Å². The van der Waals surface area contributed by atoms with Crippen molar-refractivity contribution in [3.63, 3.8) is 0 Å². The van der Waals surface area contributed by atoms with E-state index in [1.54, 1.807) is 0 Å². The van der Waals surface area contributed by atoms with Gasteiger partial charge in [-0.1, -0.05) is 0 Å². The third kappa shape index (κ3) is 7.94. The van der Waals surface area contributed by atoms with Crippen molar-refractivity contribution in [1.82, 2.24) is 10.2 Å². The van der Waals surface area contributed by atoms with E-state index in [-0.39, 0.29) is 5.92 Å². The zero-order valence-corrected chi connectivity index (χ0v) is 11.8. The normalized spacial score (nSPS) is 11.6. The smallest absolute Gasteiger partial charge is 0.168 e. The first-order valence-corrected chi connectivity index (χ1v) is 6.56. The lowest BCUT2D eigenvalue weighted by atomic mass is 10.2. The molecule has 0 rings (SSSR count). The first kappa shape index (κ1) is 16.1. The molecule has 17 heavy (non-hydrogen) atoms. The highest BCUT2D eigenvalue weighted by Crippen LogP contribution is 1.99. The molecule has 0 aliphatic carbocycles. The van der Waals surface area contributed by atoms with Gasteiger partial charge in [-0.25, -0.2) is 0 Å². The van der Waals surface area contributed by atoms with Gasteiger partial charge < -0.3 is 15.0 Å². The molecule has 5 heteroatoms. The Labute approximate surface area is 110 Å². The predicted octanol–water partition coefficient (Wildman–Crippen LogP) is 1.77. The fourth-order valence-electron chi connectivity index (χ4n) is 1.35. The predicted molar refractivity (Wildman–Crippen MR) is 73.7 cm³/mol. The third-order valence-electron chi connectivity index (χ3n) is 2.33.